The van der Waals surface area contributed by atoms with Crippen LogP contribution in [0.25, 0.3) is 0 Å². The minimum Gasteiger partial charge on any atom is -0.325 e. The van der Waals surface area contributed by atoms with Crippen LogP contribution in [-0.2, 0) is 16.0 Å². The van der Waals surface area contributed by atoms with E-state index in [1.54, 1.807) is 17.0 Å². The summed E-state index contributed by atoms with van der Waals surface area (Å²) in [4.78, 5) is 27.4. The summed E-state index contributed by atoms with van der Waals surface area (Å²) in [5.41, 5.74) is 3.00. The zero-order valence-electron chi connectivity index (χ0n) is 14.5. The predicted molar refractivity (Wildman–Crippen MR) is 96.1 cm³/mol. The zero-order valence-corrected chi connectivity index (χ0v) is 14.5. The first-order valence-corrected chi connectivity index (χ1v) is 9.04. The van der Waals surface area contributed by atoms with Gasteiger partial charge in [-0.2, -0.15) is 0 Å². The molecular formula is C21H21FN2O2. The van der Waals surface area contributed by atoms with E-state index in [-0.39, 0.29) is 23.6 Å². The van der Waals surface area contributed by atoms with Crippen molar-refractivity contribution in [1.82, 2.24) is 10.2 Å². The number of carbonyl (C=O) groups excluding carboxylic acids is 2. The molecule has 26 heavy (non-hydrogen) atoms. The molecule has 4 nitrogen and oxygen atoms in total. The summed E-state index contributed by atoms with van der Waals surface area (Å²) >= 11 is 0. The molecule has 0 saturated carbocycles. The number of carbonyl (C=O) groups is 2. The molecule has 5 heteroatoms. The zero-order chi connectivity index (χ0) is 18.1. The smallest absolute Gasteiger partial charge is 0.291 e. The molecule has 0 aromatic heterocycles. The van der Waals surface area contributed by atoms with E-state index in [1.807, 2.05) is 18.2 Å². The number of halogens is 1. The van der Waals surface area contributed by atoms with Gasteiger partial charge in [0.05, 0.1) is 6.04 Å². The predicted octanol–water partition coefficient (Wildman–Crippen LogP) is 2.48. The van der Waals surface area contributed by atoms with Gasteiger partial charge in [-0.15, -0.1) is 0 Å². The number of rotatable bonds is 3. The molecule has 2 aromatic carbocycles. The largest absolute Gasteiger partial charge is 0.325 e. The second kappa shape index (κ2) is 7.00. The lowest BCUT2D eigenvalue weighted by atomic mass is 9.87. The maximum absolute atomic E-state index is 13.4. The van der Waals surface area contributed by atoms with Crippen LogP contribution in [0.1, 0.15) is 29.2 Å². The van der Waals surface area contributed by atoms with Crippen molar-refractivity contribution in [2.24, 2.45) is 5.92 Å². The van der Waals surface area contributed by atoms with Gasteiger partial charge in [0.2, 0.25) is 5.78 Å². The number of ketones is 1. The fourth-order valence-corrected chi connectivity index (χ4v) is 3.98. The fraction of sp³-hybridized carbons (Fsp3) is 0.333. The quantitative estimate of drug-likeness (QED) is 0.864. The highest BCUT2D eigenvalue weighted by Crippen LogP contribution is 2.35. The third kappa shape index (κ3) is 3.03. The third-order valence-corrected chi connectivity index (χ3v) is 5.37. The highest BCUT2D eigenvalue weighted by Gasteiger charge is 2.37. The second-order valence-corrected chi connectivity index (χ2v) is 6.96. The van der Waals surface area contributed by atoms with Gasteiger partial charge in [-0.25, -0.2) is 4.39 Å². The first-order valence-electron chi connectivity index (χ1n) is 9.04. The summed E-state index contributed by atoms with van der Waals surface area (Å²) < 4.78 is 13.4. The summed E-state index contributed by atoms with van der Waals surface area (Å²) in [5, 5.41) is 3.14. The van der Waals surface area contributed by atoms with Gasteiger partial charge in [0.1, 0.15) is 5.82 Å². The Hall–Kier alpha value is -2.53. The van der Waals surface area contributed by atoms with E-state index in [0.29, 0.717) is 19.5 Å². The van der Waals surface area contributed by atoms with E-state index < -0.39 is 5.91 Å². The molecule has 0 radical (unpaired) electrons. The van der Waals surface area contributed by atoms with Gasteiger partial charge in [0, 0.05) is 19.0 Å². The molecule has 1 unspecified atom stereocenters. The molecule has 2 aliphatic heterocycles. The van der Waals surface area contributed by atoms with Gasteiger partial charge < -0.3 is 10.2 Å². The molecule has 2 aliphatic rings. The molecule has 2 aromatic rings. The van der Waals surface area contributed by atoms with Gasteiger partial charge in [0.25, 0.3) is 5.91 Å². The molecule has 1 N–H and O–H groups in total. The van der Waals surface area contributed by atoms with Gasteiger partial charge in [0.15, 0.2) is 0 Å². The molecule has 2 heterocycles. The van der Waals surface area contributed by atoms with Crippen LogP contribution in [0.4, 0.5) is 4.39 Å². The summed E-state index contributed by atoms with van der Waals surface area (Å²) in [6.45, 7) is 1.83. The van der Waals surface area contributed by atoms with E-state index in [4.69, 9.17) is 0 Å². The van der Waals surface area contributed by atoms with Crippen LogP contribution < -0.4 is 5.32 Å². The van der Waals surface area contributed by atoms with Crippen LogP contribution in [0.3, 0.4) is 0 Å². The topological polar surface area (TPSA) is 49.4 Å². The molecule has 2 atom stereocenters. The summed E-state index contributed by atoms with van der Waals surface area (Å²) in [6.07, 6.45) is 1.42. The molecule has 1 saturated heterocycles. The van der Waals surface area contributed by atoms with Crippen LogP contribution in [0.5, 0.6) is 0 Å². The number of Topliss-reactive ketones (excluding diaryl/α,β-unsaturated/α-hetero) is 1. The Kier molecular flexibility index (Phi) is 4.55. The monoisotopic (exact) mass is 352 g/mol. The van der Waals surface area contributed by atoms with Gasteiger partial charge in [-0.1, -0.05) is 36.4 Å². The van der Waals surface area contributed by atoms with Crippen molar-refractivity contribution >= 4 is 11.7 Å². The molecule has 1 amide bonds. The number of hydrogen-bond acceptors (Lipinski definition) is 3. The molecule has 4 rings (SSSR count). The molecule has 0 bridgehead atoms. The number of amides is 1. The van der Waals surface area contributed by atoms with Gasteiger partial charge in [-0.05, 0) is 48.2 Å². The minimum absolute atomic E-state index is 0.242. The van der Waals surface area contributed by atoms with Crippen LogP contribution >= 0.6 is 0 Å². The van der Waals surface area contributed by atoms with E-state index >= 15 is 0 Å². The second-order valence-electron chi connectivity index (χ2n) is 6.96. The van der Waals surface area contributed by atoms with E-state index in [0.717, 1.165) is 24.1 Å². The summed E-state index contributed by atoms with van der Waals surface area (Å²) in [5.74, 6) is -1.30. The van der Waals surface area contributed by atoms with Gasteiger partial charge in [-0.3, -0.25) is 9.59 Å². The lowest BCUT2D eigenvalue weighted by molar-refractivity contribution is -0.147. The van der Waals surface area contributed by atoms with Crippen molar-refractivity contribution in [1.29, 1.82) is 0 Å². The Bertz CT molecular complexity index is 828. The van der Waals surface area contributed by atoms with E-state index in [2.05, 4.69) is 11.4 Å². The van der Waals surface area contributed by atoms with Crippen LogP contribution in [0.15, 0.2) is 48.5 Å². The molecule has 0 spiro atoms. The van der Waals surface area contributed by atoms with E-state index in [9.17, 15) is 14.0 Å². The SMILES string of the molecule is O=C(C(=O)N1CCc2ccccc2[C@@H]1c1ccc(F)cc1)C1CCNC1. The lowest BCUT2D eigenvalue weighted by Crippen LogP contribution is -2.46. The maximum atomic E-state index is 13.4. The Morgan fingerprint density at radius 3 is 2.58 bits per heavy atom. The van der Waals surface area contributed by atoms with Crippen molar-refractivity contribution in [3.63, 3.8) is 0 Å². The van der Waals surface area contributed by atoms with Crippen LogP contribution in [0, 0.1) is 11.7 Å². The Morgan fingerprint density at radius 2 is 1.85 bits per heavy atom. The lowest BCUT2D eigenvalue weighted by Gasteiger charge is -2.37. The standard InChI is InChI=1S/C21H21FN2O2/c22-17-7-5-15(6-8-17)19-18-4-2-1-3-14(18)10-12-24(19)21(26)20(25)16-9-11-23-13-16/h1-8,16,19,23H,9-13H2/t16?,19-/m0/s1. The summed E-state index contributed by atoms with van der Waals surface area (Å²) in [7, 11) is 0. The van der Waals surface area contributed by atoms with Crippen molar-refractivity contribution < 1.29 is 14.0 Å². The van der Waals surface area contributed by atoms with Crippen molar-refractivity contribution in [2.75, 3.05) is 19.6 Å². The highest BCUT2D eigenvalue weighted by atomic mass is 19.1. The highest BCUT2D eigenvalue weighted by molar-refractivity contribution is 6.37. The number of fused-ring (bicyclic) bond motifs is 1. The third-order valence-electron chi connectivity index (χ3n) is 5.37. The average molecular weight is 352 g/mol. The molecule has 0 aliphatic carbocycles. The van der Waals surface area contributed by atoms with Crippen molar-refractivity contribution in [3.05, 3.63) is 71.0 Å². The fourth-order valence-electron chi connectivity index (χ4n) is 3.98. The number of nitrogens with one attached hydrogen (secondary N) is 1. The van der Waals surface area contributed by atoms with Crippen LogP contribution in [0.2, 0.25) is 0 Å². The van der Waals surface area contributed by atoms with Crippen LogP contribution in [-0.4, -0.2) is 36.2 Å². The minimum atomic E-state index is -0.428. The first-order chi connectivity index (χ1) is 12.6. The summed E-state index contributed by atoms with van der Waals surface area (Å²) in [6, 6.07) is 13.8. The van der Waals surface area contributed by atoms with E-state index in [1.165, 1.54) is 17.7 Å². The first kappa shape index (κ1) is 16.9. The normalized spacial score (nSPS) is 22.1. The maximum Gasteiger partial charge on any atom is 0.291 e. The Morgan fingerprint density at radius 1 is 1.08 bits per heavy atom. The Labute approximate surface area is 152 Å². The molecule has 1 fully saturated rings. The number of benzene rings is 2. The average Bonchev–Trinajstić information content (AvgIpc) is 3.21. The van der Waals surface area contributed by atoms with Crippen molar-refractivity contribution in [3.8, 4) is 0 Å². The number of nitrogens with zero attached hydrogens (tertiary/aromatic N) is 1. The molecule has 134 valence electrons. The number of hydrogen-bond donors (Lipinski definition) is 1. The van der Waals surface area contributed by atoms with Crippen molar-refractivity contribution in [2.45, 2.75) is 18.9 Å². The Balaban J connectivity index is 1.71. The van der Waals surface area contributed by atoms with Gasteiger partial charge >= 0.3 is 0 Å². The molecular weight excluding hydrogens is 331 g/mol.